The van der Waals surface area contributed by atoms with Crippen LogP contribution in [-0.4, -0.2) is 28.0 Å². The molecule has 0 saturated heterocycles. The molecular weight excluding hydrogens is 351 g/mol. The highest BCUT2D eigenvalue weighted by molar-refractivity contribution is 7.99. The maximum absolute atomic E-state index is 12.7. The van der Waals surface area contributed by atoms with Gasteiger partial charge in [-0.05, 0) is 36.4 Å². The molecule has 0 saturated carbocycles. The molecule has 0 aliphatic heterocycles. The van der Waals surface area contributed by atoms with Crippen molar-refractivity contribution in [3.8, 4) is 0 Å². The SMILES string of the molecule is CCCSc1cccc2nnc3cccc(NC(=O)C(F)(F)F)c3c12. The Morgan fingerprint density at radius 2 is 1.72 bits per heavy atom. The van der Waals surface area contributed by atoms with Gasteiger partial charge in [0.1, 0.15) is 0 Å². The molecule has 0 radical (unpaired) electrons. The molecule has 0 fully saturated rings. The number of rotatable bonds is 4. The second kappa shape index (κ2) is 6.87. The van der Waals surface area contributed by atoms with Gasteiger partial charge in [-0.1, -0.05) is 19.1 Å². The Morgan fingerprint density at radius 1 is 1.08 bits per heavy atom. The summed E-state index contributed by atoms with van der Waals surface area (Å²) in [5, 5.41) is 11.3. The van der Waals surface area contributed by atoms with Crippen molar-refractivity contribution in [2.45, 2.75) is 24.4 Å². The molecule has 1 heterocycles. The van der Waals surface area contributed by atoms with Crippen LogP contribution in [0.2, 0.25) is 0 Å². The Kier molecular flexibility index (Phi) is 4.80. The molecule has 0 unspecified atom stereocenters. The number of nitrogens with one attached hydrogen (secondary N) is 1. The van der Waals surface area contributed by atoms with Gasteiger partial charge in [-0.2, -0.15) is 13.2 Å². The van der Waals surface area contributed by atoms with Crippen molar-refractivity contribution in [2.75, 3.05) is 11.1 Å². The molecule has 1 amide bonds. The summed E-state index contributed by atoms with van der Waals surface area (Å²) in [6.07, 6.45) is -4.01. The van der Waals surface area contributed by atoms with Crippen LogP contribution < -0.4 is 5.32 Å². The molecule has 1 aromatic heterocycles. The lowest BCUT2D eigenvalue weighted by Crippen LogP contribution is -2.30. The molecule has 8 heteroatoms. The fraction of sp³-hybridized carbons (Fsp3) is 0.235. The zero-order valence-corrected chi connectivity index (χ0v) is 14.0. The summed E-state index contributed by atoms with van der Waals surface area (Å²) in [7, 11) is 0. The van der Waals surface area contributed by atoms with Gasteiger partial charge in [-0.15, -0.1) is 22.0 Å². The van der Waals surface area contributed by atoms with Gasteiger partial charge in [-0.3, -0.25) is 4.79 Å². The molecular formula is C17H14F3N3OS. The molecule has 0 aliphatic rings. The van der Waals surface area contributed by atoms with Crippen molar-refractivity contribution >= 4 is 45.2 Å². The van der Waals surface area contributed by atoms with Crippen LogP contribution >= 0.6 is 11.8 Å². The highest BCUT2D eigenvalue weighted by atomic mass is 32.2. The van der Waals surface area contributed by atoms with Crippen LogP contribution in [0.25, 0.3) is 21.8 Å². The molecule has 130 valence electrons. The number of benzene rings is 2. The average Bonchev–Trinajstić information content (AvgIpc) is 2.58. The number of halogens is 3. The van der Waals surface area contributed by atoms with Gasteiger partial charge >= 0.3 is 12.1 Å². The maximum atomic E-state index is 12.7. The Hall–Kier alpha value is -2.35. The molecule has 4 nitrogen and oxygen atoms in total. The van der Waals surface area contributed by atoms with E-state index in [0.717, 1.165) is 17.1 Å². The summed E-state index contributed by atoms with van der Waals surface area (Å²) < 4.78 is 38.0. The third kappa shape index (κ3) is 3.53. The fourth-order valence-electron chi connectivity index (χ4n) is 2.48. The van der Waals surface area contributed by atoms with E-state index < -0.39 is 12.1 Å². The minimum absolute atomic E-state index is 0.0734. The highest BCUT2D eigenvalue weighted by Crippen LogP contribution is 2.36. The first-order chi connectivity index (χ1) is 11.9. The van der Waals surface area contributed by atoms with E-state index in [1.807, 2.05) is 24.4 Å². The number of hydrogen-bond acceptors (Lipinski definition) is 4. The third-order valence-electron chi connectivity index (χ3n) is 3.53. The second-order valence-electron chi connectivity index (χ2n) is 5.35. The third-order valence-corrected chi connectivity index (χ3v) is 4.79. The summed E-state index contributed by atoms with van der Waals surface area (Å²) in [6, 6.07) is 10.1. The standard InChI is InChI=1S/C17H14F3N3OS/c1-2-9-25-13-8-4-7-12-15(13)14-10(21-16(24)17(18,19)20)5-3-6-11(14)22-23-12/h3-8H,2,9H2,1H3,(H,21,24). The molecule has 0 atom stereocenters. The first-order valence-corrected chi connectivity index (χ1v) is 8.59. The van der Waals surface area contributed by atoms with Gasteiger partial charge in [0.05, 0.1) is 16.7 Å². The molecule has 0 aliphatic carbocycles. The van der Waals surface area contributed by atoms with Crippen LogP contribution in [0.4, 0.5) is 18.9 Å². The van der Waals surface area contributed by atoms with Crippen LogP contribution in [0.1, 0.15) is 13.3 Å². The lowest BCUT2D eigenvalue weighted by molar-refractivity contribution is -0.167. The van der Waals surface area contributed by atoms with Crippen molar-refractivity contribution < 1.29 is 18.0 Å². The molecule has 3 aromatic rings. The number of fused-ring (bicyclic) bond motifs is 3. The predicted octanol–water partition coefficient (Wildman–Crippen LogP) is 4.79. The van der Waals surface area contributed by atoms with Crippen molar-refractivity contribution in [3.63, 3.8) is 0 Å². The van der Waals surface area contributed by atoms with Crippen molar-refractivity contribution in [1.82, 2.24) is 10.2 Å². The monoisotopic (exact) mass is 365 g/mol. The average molecular weight is 365 g/mol. The highest BCUT2D eigenvalue weighted by Gasteiger charge is 2.39. The largest absolute Gasteiger partial charge is 0.471 e. The van der Waals surface area contributed by atoms with E-state index in [4.69, 9.17) is 0 Å². The number of amides is 1. The molecule has 0 spiro atoms. The normalized spacial score (nSPS) is 11.8. The summed E-state index contributed by atoms with van der Waals surface area (Å²) in [4.78, 5) is 12.3. The number of carbonyl (C=O) groups is 1. The number of nitrogens with zero attached hydrogens (tertiary/aromatic N) is 2. The van der Waals surface area contributed by atoms with Crippen molar-refractivity contribution in [1.29, 1.82) is 0 Å². The van der Waals surface area contributed by atoms with E-state index >= 15 is 0 Å². The second-order valence-corrected chi connectivity index (χ2v) is 6.49. The van der Waals surface area contributed by atoms with Crippen LogP contribution in [-0.2, 0) is 4.79 Å². The Labute approximate surface area is 145 Å². The number of carbonyl (C=O) groups excluding carboxylic acids is 1. The van der Waals surface area contributed by atoms with E-state index in [1.54, 1.807) is 23.9 Å². The first kappa shape index (κ1) is 17.5. The van der Waals surface area contributed by atoms with Gasteiger partial charge < -0.3 is 5.32 Å². The summed E-state index contributed by atoms with van der Waals surface area (Å²) in [5.41, 5.74) is 1.07. The minimum Gasteiger partial charge on any atom is -0.318 e. The van der Waals surface area contributed by atoms with Gasteiger partial charge in [0.25, 0.3) is 0 Å². The van der Waals surface area contributed by atoms with Crippen molar-refractivity contribution in [2.24, 2.45) is 0 Å². The zero-order valence-electron chi connectivity index (χ0n) is 13.2. The lowest BCUT2D eigenvalue weighted by atomic mass is 10.1. The fourth-order valence-corrected chi connectivity index (χ4v) is 3.43. The van der Waals surface area contributed by atoms with E-state index in [2.05, 4.69) is 10.2 Å². The smallest absolute Gasteiger partial charge is 0.318 e. The van der Waals surface area contributed by atoms with E-state index in [0.29, 0.717) is 21.8 Å². The summed E-state index contributed by atoms with van der Waals surface area (Å²) in [6.45, 7) is 2.05. The van der Waals surface area contributed by atoms with Crippen LogP contribution in [0, 0.1) is 0 Å². The van der Waals surface area contributed by atoms with Gasteiger partial charge in [-0.25, -0.2) is 0 Å². The minimum atomic E-state index is -4.96. The van der Waals surface area contributed by atoms with Gasteiger partial charge in [0.15, 0.2) is 0 Å². The van der Waals surface area contributed by atoms with Crippen LogP contribution in [0.5, 0.6) is 0 Å². The number of anilines is 1. The number of hydrogen-bond donors (Lipinski definition) is 1. The maximum Gasteiger partial charge on any atom is 0.471 e. The number of thioether (sulfide) groups is 1. The Bertz CT molecular complexity index is 943. The van der Waals surface area contributed by atoms with E-state index in [9.17, 15) is 18.0 Å². The summed E-state index contributed by atoms with van der Waals surface area (Å²) in [5.74, 6) is -1.15. The molecule has 3 rings (SSSR count). The predicted molar refractivity (Wildman–Crippen MR) is 92.7 cm³/mol. The molecule has 25 heavy (non-hydrogen) atoms. The van der Waals surface area contributed by atoms with Crippen molar-refractivity contribution in [3.05, 3.63) is 36.4 Å². The van der Waals surface area contributed by atoms with Gasteiger partial charge in [0.2, 0.25) is 0 Å². The molecule has 2 aromatic carbocycles. The number of alkyl halides is 3. The number of aromatic nitrogens is 2. The first-order valence-electron chi connectivity index (χ1n) is 7.61. The zero-order chi connectivity index (χ0) is 18.0. The quantitative estimate of drug-likeness (QED) is 0.534. The Morgan fingerprint density at radius 3 is 2.36 bits per heavy atom. The van der Waals surface area contributed by atoms with Gasteiger partial charge in [0, 0.05) is 15.7 Å². The topological polar surface area (TPSA) is 54.9 Å². The van der Waals surface area contributed by atoms with E-state index in [1.165, 1.54) is 12.1 Å². The van der Waals surface area contributed by atoms with E-state index in [-0.39, 0.29) is 5.69 Å². The van der Waals surface area contributed by atoms with Crippen LogP contribution in [0.15, 0.2) is 41.3 Å². The lowest BCUT2D eigenvalue weighted by Gasteiger charge is -2.13. The van der Waals surface area contributed by atoms with Crippen LogP contribution in [0.3, 0.4) is 0 Å². The molecule has 0 bridgehead atoms. The summed E-state index contributed by atoms with van der Waals surface area (Å²) >= 11 is 1.60. The Balaban J connectivity index is 2.24. The molecule has 1 N–H and O–H groups in total.